The molecule has 1 aliphatic heterocycles. The monoisotopic (exact) mass is 464 g/mol. The second-order valence-corrected chi connectivity index (χ2v) is 9.97. The van der Waals surface area contributed by atoms with E-state index < -0.39 is 20.2 Å². The Hall–Kier alpha value is -2.65. The summed E-state index contributed by atoms with van der Waals surface area (Å²) in [6.07, 6.45) is 5.33. The summed E-state index contributed by atoms with van der Waals surface area (Å²) in [5, 5.41) is 2.15. The van der Waals surface area contributed by atoms with Gasteiger partial charge in [-0.25, -0.2) is 8.42 Å². The molecule has 0 unspecified atom stereocenters. The fourth-order valence-corrected chi connectivity index (χ4v) is 4.65. The molecule has 0 spiro atoms. The van der Waals surface area contributed by atoms with Gasteiger partial charge in [-0.2, -0.15) is 13.2 Å². The van der Waals surface area contributed by atoms with Crippen molar-refractivity contribution in [2.75, 3.05) is 13.1 Å². The zero-order valence-electron chi connectivity index (χ0n) is 17.5. The number of aryl methyl sites for hydroxylation is 1. The van der Waals surface area contributed by atoms with Crippen LogP contribution in [0.4, 0.5) is 13.2 Å². The van der Waals surface area contributed by atoms with E-state index in [0.717, 1.165) is 65.7 Å². The van der Waals surface area contributed by atoms with E-state index in [2.05, 4.69) is 16.0 Å². The lowest BCUT2D eigenvalue weighted by atomic mass is 10.1. The van der Waals surface area contributed by atoms with Crippen LogP contribution in [0.1, 0.15) is 24.0 Å². The van der Waals surface area contributed by atoms with Crippen LogP contribution in [0.3, 0.4) is 0 Å². The van der Waals surface area contributed by atoms with E-state index in [-0.39, 0.29) is 6.10 Å². The molecule has 0 N–H and O–H groups in total. The summed E-state index contributed by atoms with van der Waals surface area (Å²) >= 11 is 0. The minimum Gasteiger partial charge on any atom is -0.490 e. The lowest BCUT2D eigenvalue weighted by Crippen LogP contribution is -2.37. The maximum atomic E-state index is 12.7. The van der Waals surface area contributed by atoms with Crippen LogP contribution in [0.5, 0.6) is 5.75 Å². The van der Waals surface area contributed by atoms with Gasteiger partial charge in [0, 0.05) is 37.4 Å². The topological polar surface area (TPSA) is 59.5 Å². The van der Waals surface area contributed by atoms with Gasteiger partial charge in [-0.15, -0.1) is 0 Å². The highest BCUT2D eigenvalue weighted by Crippen LogP contribution is 2.31. The highest BCUT2D eigenvalue weighted by atomic mass is 32.2. The van der Waals surface area contributed by atoms with E-state index in [1.807, 2.05) is 25.3 Å². The minimum absolute atomic E-state index is 0.0866. The molecule has 3 aromatic rings. The Labute approximate surface area is 184 Å². The summed E-state index contributed by atoms with van der Waals surface area (Å²) in [4.78, 5) is 5.60. The van der Waals surface area contributed by atoms with Gasteiger partial charge in [0.15, 0.2) is 0 Å². The van der Waals surface area contributed by atoms with Gasteiger partial charge in [0.25, 0.3) is 9.84 Å². The fraction of sp³-hybridized carbons (Fsp3) is 0.348. The van der Waals surface area contributed by atoms with Crippen LogP contribution in [0, 0.1) is 6.92 Å². The lowest BCUT2D eigenvalue weighted by Gasteiger charge is -2.32. The minimum atomic E-state index is -5.31. The van der Waals surface area contributed by atoms with Gasteiger partial charge in [0.05, 0.1) is 4.90 Å². The normalized spacial score (nSPS) is 16.4. The van der Waals surface area contributed by atoms with E-state index in [0.29, 0.717) is 6.54 Å². The quantitative estimate of drug-likeness (QED) is 0.539. The Kier molecular flexibility index (Phi) is 6.13. The van der Waals surface area contributed by atoms with E-state index in [1.54, 1.807) is 6.20 Å². The fourth-order valence-electron chi connectivity index (χ4n) is 3.89. The number of rotatable bonds is 5. The van der Waals surface area contributed by atoms with Crippen molar-refractivity contribution in [3.8, 4) is 5.75 Å². The average molecular weight is 465 g/mol. The first kappa shape index (κ1) is 22.5. The molecule has 0 radical (unpaired) electrons. The van der Waals surface area contributed by atoms with E-state index >= 15 is 0 Å². The SMILES string of the molecule is Cc1cc2cnccc2cc1OC1CCN(Cc2ccc(S(=O)(=O)C(F)(F)F)cc2)CC1. The van der Waals surface area contributed by atoms with Gasteiger partial charge in [0.1, 0.15) is 11.9 Å². The summed E-state index contributed by atoms with van der Waals surface area (Å²) in [5.74, 6) is 0.864. The van der Waals surface area contributed by atoms with Crippen LogP contribution >= 0.6 is 0 Å². The van der Waals surface area contributed by atoms with Crippen LogP contribution in [0.2, 0.25) is 0 Å². The maximum Gasteiger partial charge on any atom is 0.501 e. The number of hydrogen-bond acceptors (Lipinski definition) is 5. The van der Waals surface area contributed by atoms with Crippen molar-refractivity contribution in [3.63, 3.8) is 0 Å². The van der Waals surface area contributed by atoms with Crippen LogP contribution in [0.25, 0.3) is 10.8 Å². The molecule has 9 heteroatoms. The van der Waals surface area contributed by atoms with Crippen LogP contribution in [-0.2, 0) is 16.4 Å². The number of likely N-dealkylation sites (tertiary alicyclic amines) is 1. The Balaban J connectivity index is 1.34. The summed E-state index contributed by atoms with van der Waals surface area (Å²) in [6.45, 7) is 4.12. The molecule has 0 amide bonds. The number of sulfone groups is 1. The standard InChI is InChI=1S/C23H23F3N2O3S/c1-16-12-19-14-27-9-6-18(19)13-22(16)31-20-7-10-28(11-8-20)15-17-2-4-21(5-3-17)32(29,30)23(24,25)26/h2-6,9,12-14,20H,7-8,10-11,15H2,1H3. The maximum absolute atomic E-state index is 12.7. The first-order valence-corrected chi connectivity index (χ1v) is 11.8. The average Bonchev–Trinajstić information content (AvgIpc) is 2.75. The molecule has 1 aromatic heterocycles. The van der Waals surface area contributed by atoms with Crippen molar-refractivity contribution in [2.45, 2.75) is 42.8 Å². The smallest absolute Gasteiger partial charge is 0.490 e. The van der Waals surface area contributed by atoms with E-state index in [4.69, 9.17) is 4.74 Å². The van der Waals surface area contributed by atoms with Gasteiger partial charge in [-0.05, 0) is 66.6 Å². The van der Waals surface area contributed by atoms with Crippen LogP contribution < -0.4 is 4.74 Å². The molecule has 0 atom stereocenters. The highest BCUT2D eigenvalue weighted by molar-refractivity contribution is 7.92. The third kappa shape index (κ3) is 4.73. The number of benzene rings is 2. The third-order valence-corrected chi connectivity index (χ3v) is 7.21. The molecule has 5 nitrogen and oxygen atoms in total. The number of nitrogens with zero attached hydrogens (tertiary/aromatic N) is 2. The van der Waals surface area contributed by atoms with Crippen molar-refractivity contribution in [3.05, 3.63) is 66.0 Å². The molecule has 1 aliphatic rings. The number of ether oxygens (including phenoxy) is 1. The molecule has 1 saturated heterocycles. The number of halogens is 3. The predicted octanol–water partition coefficient (Wildman–Crippen LogP) is 4.88. The molecule has 4 rings (SSSR count). The number of alkyl halides is 3. The van der Waals surface area contributed by atoms with Crippen molar-refractivity contribution < 1.29 is 26.3 Å². The summed E-state index contributed by atoms with van der Waals surface area (Å²) in [7, 11) is -5.31. The molecule has 1 fully saturated rings. The Bertz CT molecular complexity index is 1200. The first-order chi connectivity index (χ1) is 15.1. The Morgan fingerprint density at radius 1 is 1.06 bits per heavy atom. The van der Waals surface area contributed by atoms with Crippen molar-refractivity contribution in [1.29, 1.82) is 0 Å². The van der Waals surface area contributed by atoms with Crippen molar-refractivity contribution in [1.82, 2.24) is 9.88 Å². The number of hydrogen-bond donors (Lipinski definition) is 0. The Morgan fingerprint density at radius 3 is 2.41 bits per heavy atom. The zero-order valence-corrected chi connectivity index (χ0v) is 18.3. The molecule has 2 aromatic carbocycles. The molecule has 32 heavy (non-hydrogen) atoms. The molecule has 170 valence electrons. The largest absolute Gasteiger partial charge is 0.501 e. The molecule has 0 bridgehead atoms. The van der Waals surface area contributed by atoms with Gasteiger partial charge in [0.2, 0.25) is 0 Å². The molecule has 0 aliphatic carbocycles. The number of fused-ring (bicyclic) bond motifs is 1. The zero-order chi connectivity index (χ0) is 22.9. The third-order valence-electron chi connectivity index (χ3n) is 5.71. The van der Waals surface area contributed by atoms with Crippen LogP contribution in [-0.4, -0.2) is 43.0 Å². The van der Waals surface area contributed by atoms with E-state index in [9.17, 15) is 21.6 Å². The van der Waals surface area contributed by atoms with Gasteiger partial charge in [-0.3, -0.25) is 9.88 Å². The predicted molar refractivity (Wildman–Crippen MR) is 115 cm³/mol. The molecular weight excluding hydrogens is 441 g/mol. The Morgan fingerprint density at radius 2 is 1.75 bits per heavy atom. The second-order valence-electron chi connectivity index (χ2n) is 8.03. The van der Waals surface area contributed by atoms with Gasteiger partial charge in [-0.1, -0.05) is 12.1 Å². The highest BCUT2D eigenvalue weighted by Gasteiger charge is 2.46. The second kappa shape index (κ2) is 8.71. The summed E-state index contributed by atoms with van der Waals surface area (Å²) in [5.41, 5.74) is -3.47. The van der Waals surface area contributed by atoms with Crippen molar-refractivity contribution >= 4 is 20.6 Å². The van der Waals surface area contributed by atoms with Gasteiger partial charge >= 0.3 is 5.51 Å². The number of piperidine rings is 1. The summed E-state index contributed by atoms with van der Waals surface area (Å²) < 4.78 is 67.3. The molecule has 0 saturated carbocycles. The van der Waals surface area contributed by atoms with Crippen molar-refractivity contribution in [2.24, 2.45) is 0 Å². The summed E-state index contributed by atoms with van der Waals surface area (Å²) in [6, 6.07) is 11.0. The molecular formula is C23H23F3N2O3S. The first-order valence-electron chi connectivity index (χ1n) is 10.3. The number of aromatic nitrogens is 1. The number of pyridine rings is 1. The van der Waals surface area contributed by atoms with Crippen LogP contribution in [0.15, 0.2) is 59.8 Å². The lowest BCUT2D eigenvalue weighted by molar-refractivity contribution is -0.0436. The molecule has 2 heterocycles. The van der Waals surface area contributed by atoms with Gasteiger partial charge < -0.3 is 4.74 Å². The van der Waals surface area contributed by atoms with E-state index in [1.165, 1.54) is 12.1 Å².